The van der Waals surface area contributed by atoms with Crippen molar-refractivity contribution in [2.45, 2.75) is 40.0 Å². The predicted octanol–water partition coefficient (Wildman–Crippen LogP) is 1.06. The van der Waals surface area contributed by atoms with Crippen LogP contribution in [0, 0.1) is 11.3 Å². The molecule has 0 amide bonds. The zero-order chi connectivity index (χ0) is 15.3. The number of hydrogen-bond donors (Lipinski definition) is 0. The van der Waals surface area contributed by atoms with Crippen LogP contribution in [0.2, 0.25) is 0 Å². The summed E-state index contributed by atoms with van der Waals surface area (Å²) < 4.78 is 9.71. The predicted molar refractivity (Wildman–Crippen MR) is 68.7 cm³/mol. The Kier molecular flexibility index (Phi) is 5.42. The average molecular weight is 284 g/mol. The van der Waals surface area contributed by atoms with Crippen LogP contribution in [0.1, 0.15) is 40.0 Å². The Labute approximate surface area is 117 Å². The van der Waals surface area contributed by atoms with E-state index in [4.69, 9.17) is 9.47 Å². The van der Waals surface area contributed by atoms with Crippen LogP contribution in [0.5, 0.6) is 0 Å². The van der Waals surface area contributed by atoms with E-state index >= 15 is 0 Å². The summed E-state index contributed by atoms with van der Waals surface area (Å²) in [7, 11) is 0. The maximum Gasteiger partial charge on any atom is 0.319 e. The van der Waals surface area contributed by atoms with Crippen LogP contribution in [0.3, 0.4) is 0 Å². The van der Waals surface area contributed by atoms with Crippen LogP contribution in [0.15, 0.2) is 0 Å². The lowest BCUT2D eigenvalue weighted by Crippen LogP contribution is -2.46. The van der Waals surface area contributed by atoms with E-state index in [1.807, 2.05) is 0 Å². The highest BCUT2D eigenvalue weighted by molar-refractivity contribution is 6.14. The number of carbonyl (C=O) groups excluding carboxylic acids is 4. The van der Waals surface area contributed by atoms with E-state index in [9.17, 15) is 19.2 Å². The number of carbonyl (C=O) groups is 4. The Morgan fingerprint density at radius 1 is 1.20 bits per heavy atom. The van der Waals surface area contributed by atoms with Gasteiger partial charge in [0, 0.05) is 5.92 Å². The van der Waals surface area contributed by atoms with Gasteiger partial charge in [-0.05, 0) is 27.2 Å². The first kappa shape index (κ1) is 16.3. The van der Waals surface area contributed by atoms with Crippen LogP contribution in [0.4, 0.5) is 0 Å². The van der Waals surface area contributed by atoms with Gasteiger partial charge in [-0.15, -0.1) is 0 Å². The molecule has 0 radical (unpaired) electrons. The highest BCUT2D eigenvalue weighted by atomic mass is 16.5. The molecule has 20 heavy (non-hydrogen) atoms. The molecule has 0 spiro atoms. The Hall–Kier alpha value is -1.72. The van der Waals surface area contributed by atoms with Gasteiger partial charge in [-0.3, -0.25) is 19.2 Å². The molecule has 0 aromatic carbocycles. The van der Waals surface area contributed by atoms with E-state index < -0.39 is 29.1 Å². The molecule has 1 rings (SSSR count). The number of ether oxygens (including phenoxy) is 2. The Morgan fingerprint density at radius 3 is 2.35 bits per heavy atom. The van der Waals surface area contributed by atoms with Crippen molar-refractivity contribution in [1.82, 2.24) is 0 Å². The van der Waals surface area contributed by atoms with Crippen molar-refractivity contribution in [3.05, 3.63) is 0 Å². The molecule has 1 aliphatic rings. The van der Waals surface area contributed by atoms with Gasteiger partial charge in [0.05, 0.1) is 26.1 Å². The van der Waals surface area contributed by atoms with Crippen LogP contribution < -0.4 is 0 Å². The van der Waals surface area contributed by atoms with Crippen LogP contribution in [-0.2, 0) is 28.7 Å². The van der Waals surface area contributed by atoms with Crippen molar-refractivity contribution in [3.8, 4) is 0 Å². The number of hydrogen-bond acceptors (Lipinski definition) is 6. The van der Waals surface area contributed by atoms with Gasteiger partial charge in [-0.25, -0.2) is 0 Å². The molecule has 1 fully saturated rings. The standard InChI is InChI=1S/C14H20O6/c1-4-19-12(17)6-9-8-14(3,13(18)20-5-2)11(16)7-10(9)15/h9H,4-8H2,1-3H3/t9-,14-/m1/s1. The molecule has 0 N–H and O–H groups in total. The third kappa shape index (κ3) is 3.43. The first-order valence-corrected chi connectivity index (χ1v) is 6.74. The summed E-state index contributed by atoms with van der Waals surface area (Å²) >= 11 is 0. The van der Waals surface area contributed by atoms with Crippen LogP contribution >= 0.6 is 0 Å². The fraction of sp³-hybridized carbons (Fsp3) is 0.714. The molecule has 6 nitrogen and oxygen atoms in total. The van der Waals surface area contributed by atoms with Gasteiger partial charge in [0.1, 0.15) is 11.2 Å². The molecule has 0 saturated heterocycles. The summed E-state index contributed by atoms with van der Waals surface area (Å²) in [5.41, 5.74) is -1.35. The third-order valence-electron chi connectivity index (χ3n) is 3.50. The van der Waals surface area contributed by atoms with Crippen molar-refractivity contribution >= 4 is 23.5 Å². The summed E-state index contributed by atoms with van der Waals surface area (Å²) in [6.07, 6.45) is -0.434. The Balaban J connectivity index is 2.84. The van der Waals surface area contributed by atoms with Crippen LogP contribution in [0.25, 0.3) is 0 Å². The van der Waals surface area contributed by atoms with Gasteiger partial charge in [0.2, 0.25) is 0 Å². The zero-order valence-electron chi connectivity index (χ0n) is 12.1. The van der Waals surface area contributed by atoms with Gasteiger partial charge in [0.15, 0.2) is 5.78 Å². The second kappa shape index (κ2) is 6.63. The molecule has 0 aromatic heterocycles. The molecule has 0 aromatic rings. The second-order valence-electron chi connectivity index (χ2n) is 5.03. The topological polar surface area (TPSA) is 86.7 Å². The highest BCUT2D eigenvalue weighted by Crippen LogP contribution is 2.37. The van der Waals surface area contributed by atoms with Crippen molar-refractivity contribution < 1.29 is 28.7 Å². The largest absolute Gasteiger partial charge is 0.466 e. The number of Topliss-reactive ketones (excluding diaryl/α,β-unsaturated/α-hetero) is 2. The minimum atomic E-state index is -1.35. The van der Waals surface area contributed by atoms with E-state index in [1.165, 1.54) is 6.92 Å². The summed E-state index contributed by atoms with van der Waals surface area (Å²) in [6, 6.07) is 0. The van der Waals surface area contributed by atoms with E-state index in [1.54, 1.807) is 13.8 Å². The lowest BCUT2D eigenvalue weighted by atomic mass is 9.68. The van der Waals surface area contributed by atoms with Gasteiger partial charge >= 0.3 is 11.9 Å². The molecule has 1 aliphatic carbocycles. The summed E-state index contributed by atoms with van der Waals surface area (Å²) in [6.45, 7) is 5.19. The molecule has 6 heteroatoms. The smallest absolute Gasteiger partial charge is 0.319 e. The Morgan fingerprint density at radius 2 is 1.80 bits per heavy atom. The van der Waals surface area contributed by atoms with E-state index in [2.05, 4.69) is 0 Å². The SMILES string of the molecule is CCOC(=O)C[C@@H]1C[C@@](C)(C(=O)OCC)C(=O)CC1=O. The minimum Gasteiger partial charge on any atom is -0.466 e. The van der Waals surface area contributed by atoms with E-state index in [-0.39, 0.29) is 38.3 Å². The first-order chi connectivity index (χ1) is 9.35. The normalized spacial score (nSPS) is 26.2. The van der Waals surface area contributed by atoms with Crippen molar-refractivity contribution in [2.24, 2.45) is 11.3 Å². The maximum atomic E-state index is 12.0. The van der Waals surface area contributed by atoms with Gasteiger partial charge in [-0.2, -0.15) is 0 Å². The first-order valence-electron chi connectivity index (χ1n) is 6.74. The van der Waals surface area contributed by atoms with Gasteiger partial charge < -0.3 is 9.47 Å². The fourth-order valence-electron chi connectivity index (χ4n) is 2.31. The van der Waals surface area contributed by atoms with Crippen molar-refractivity contribution in [3.63, 3.8) is 0 Å². The minimum absolute atomic E-state index is 0.00230. The highest BCUT2D eigenvalue weighted by Gasteiger charge is 2.50. The molecule has 2 atom stereocenters. The van der Waals surface area contributed by atoms with E-state index in [0.29, 0.717) is 0 Å². The molecular weight excluding hydrogens is 264 g/mol. The number of ketones is 2. The van der Waals surface area contributed by atoms with Crippen LogP contribution in [-0.4, -0.2) is 36.7 Å². The van der Waals surface area contributed by atoms with Gasteiger partial charge in [-0.1, -0.05) is 0 Å². The Bertz CT molecular complexity index is 427. The summed E-state index contributed by atoms with van der Waals surface area (Å²) in [4.78, 5) is 47.2. The van der Waals surface area contributed by atoms with Gasteiger partial charge in [0.25, 0.3) is 0 Å². The summed E-state index contributed by atoms with van der Waals surface area (Å²) in [5.74, 6) is -2.55. The lowest BCUT2D eigenvalue weighted by molar-refractivity contribution is -0.164. The second-order valence-corrected chi connectivity index (χ2v) is 5.03. The number of esters is 2. The molecule has 0 aliphatic heterocycles. The quantitative estimate of drug-likeness (QED) is 0.554. The van der Waals surface area contributed by atoms with E-state index in [0.717, 1.165) is 0 Å². The molecule has 0 unspecified atom stereocenters. The van der Waals surface area contributed by atoms with Crippen molar-refractivity contribution in [1.29, 1.82) is 0 Å². The number of rotatable bonds is 5. The maximum absolute atomic E-state index is 12.0. The average Bonchev–Trinajstić information content (AvgIpc) is 2.36. The fourth-order valence-corrected chi connectivity index (χ4v) is 2.31. The molecule has 112 valence electrons. The molecule has 0 bridgehead atoms. The summed E-state index contributed by atoms with van der Waals surface area (Å²) in [5, 5.41) is 0. The van der Waals surface area contributed by atoms with Crippen molar-refractivity contribution in [2.75, 3.05) is 13.2 Å². The monoisotopic (exact) mass is 284 g/mol. The molecule has 0 heterocycles. The zero-order valence-corrected chi connectivity index (χ0v) is 12.1. The molecular formula is C14H20O6. The third-order valence-corrected chi connectivity index (χ3v) is 3.50. The molecule has 1 saturated carbocycles. The lowest BCUT2D eigenvalue weighted by Gasteiger charge is -2.33.